The summed E-state index contributed by atoms with van der Waals surface area (Å²) < 4.78 is 5.24. The largest absolute Gasteiger partial charge is 0.444 e. The van der Waals surface area contributed by atoms with E-state index in [0.29, 0.717) is 6.54 Å². The van der Waals surface area contributed by atoms with E-state index >= 15 is 0 Å². The number of alkyl carbamates (subject to hydrolysis) is 1. The lowest BCUT2D eigenvalue weighted by Crippen LogP contribution is -2.42. The first-order valence-corrected chi connectivity index (χ1v) is 8.17. The molecule has 0 fully saturated rings. The van der Waals surface area contributed by atoms with Crippen LogP contribution in [-0.2, 0) is 4.74 Å². The summed E-state index contributed by atoms with van der Waals surface area (Å²) in [5.41, 5.74) is 4.07. The topological polar surface area (TPSA) is 63.2 Å². The lowest BCUT2D eigenvalue weighted by molar-refractivity contribution is 0.0522. The predicted octanol–water partition coefficient (Wildman–Crippen LogP) is 3.57. The second-order valence-electron chi connectivity index (χ2n) is 7.25. The molecule has 0 aliphatic heterocycles. The van der Waals surface area contributed by atoms with E-state index in [1.807, 2.05) is 41.5 Å². The van der Waals surface area contributed by atoms with Crippen molar-refractivity contribution in [2.75, 3.05) is 6.54 Å². The number of carbonyl (C=O) groups excluding carboxylic acids is 1. The van der Waals surface area contributed by atoms with E-state index < -0.39 is 5.60 Å². The van der Waals surface area contributed by atoms with Crippen molar-refractivity contribution in [3.05, 3.63) is 28.6 Å². The van der Waals surface area contributed by atoms with E-state index in [9.17, 15) is 4.79 Å². The standard InChI is InChI=1S/C18H31N3O2/c1-11-9-12(2)20-14(4)16(11)15(5)21-13(3)10-19-17(22)23-18(6,7)8/h9,13,15,21H,10H2,1-8H3,(H,19,22). The normalized spacial score (nSPS) is 14.3. The van der Waals surface area contributed by atoms with Gasteiger partial charge in [-0.15, -0.1) is 0 Å². The third-order valence-electron chi connectivity index (χ3n) is 3.50. The molecule has 0 aliphatic carbocycles. The van der Waals surface area contributed by atoms with Crippen LogP contribution < -0.4 is 10.6 Å². The number of hydrogen-bond acceptors (Lipinski definition) is 4. The molecule has 130 valence electrons. The number of ether oxygens (including phenoxy) is 1. The summed E-state index contributed by atoms with van der Waals surface area (Å²) in [5, 5.41) is 6.30. The summed E-state index contributed by atoms with van der Waals surface area (Å²) in [6.45, 7) is 16.4. The number of carbonyl (C=O) groups is 1. The summed E-state index contributed by atoms with van der Waals surface area (Å²) in [6.07, 6.45) is -0.386. The lowest BCUT2D eigenvalue weighted by atomic mass is 10.00. The second kappa shape index (κ2) is 7.77. The summed E-state index contributed by atoms with van der Waals surface area (Å²) >= 11 is 0. The Morgan fingerprint density at radius 3 is 2.39 bits per heavy atom. The highest BCUT2D eigenvalue weighted by atomic mass is 16.6. The summed E-state index contributed by atoms with van der Waals surface area (Å²) in [5.74, 6) is 0. The highest BCUT2D eigenvalue weighted by Gasteiger charge is 2.18. The van der Waals surface area contributed by atoms with Crippen LogP contribution in [0.1, 0.15) is 63.2 Å². The molecule has 5 nitrogen and oxygen atoms in total. The third kappa shape index (κ3) is 6.57. The van der Waals surface area contributed by atoms with Gasteiger partial charge in [-0.25, -0.2) is 4.79 Å². The molecule has 0 saturated heterocycles. The number of pyridine rings is 1. The molecule has 0 bridgehead atoms. The van der Waals surface area contributed by atoms with E-state index in [2.05, 4.69) is 35.5 Å². The first-order chi connectivity index (χ1) is 10.5. The van der Waals surface area contributed by atoms with Crippen molar-refractivity contribution in [2.24, 2.45) is 0 Å². The van der Waals surface area contributed by atoms with Crippen LogP contribution in [0.5, 0.6) is 0 Å². The molecule has 5 heteroatoms. The van der Waals surface area contributed by atoms with Crippen LogP contribution in [0.3, 0.4) is 0 Å². The van der Waals surface area contributed by atoms with Gasteiger partial charge < -0.3 is 15.4 Å². The highest BCUT2D eigenvalue weighted by Crippen LogP contribution is 2.21. The fraction of sp³-hybridized carbons (Fsp3) is 0.667. The van der Waals surface area contributed by atoms with Crippen LogP contribution in [0.15, 0.2) is 6.07 Å². The minimum Gasteiger partial charge on any atom is -0.444 e. The molecule has 0 saturated carbocycles. The zero-order valence-electron chi connectivity index (χ0n) is 15.7. The highest BCUT2D eigenvalue weighted by molar-refractivity contribution is 5.67. The van der Waals surface area contributed by atoms with Gasteiger partial charge in [-0.1, -0.05) is 0 Å². The molecule has 1 aromatic rings. The fourth-order valence-corrected chi connectivity index (χ4v) is 2.81. The number of aromatic nitrogens is 1. The maximum Gasteiger partial charge on any atom is 0.407 e. The maximum absolute atomic E-state index is 11.7. The predicted molar refractivity (Wildman–Crippen MR) is 93.7 cm³/mol. The average molecular weight is 321 g/mol. The van der Waals surface area contributed by atoms with Crippen LogP contribution in [0, 0.1) is 20.8 Å². The molecule has 2 N–H and O–H groups in total. The quantitative estimate of drug-likeness (QED) is 0.870. The Hall–Kier alpha value is -1.62. The van der Waals surface area contributed by atoms with Gasteiger partial charge in [0.1, 0.15) is 5.60 Å². The zero-order chi connectivity index (χ0) is 17.8. The molecule has 23 heavy (non-hydrogen) atoms. The minimum absolute atomic E-state index is 0.123. The van der Waals surface area contributed by atoms with Crippen molar-refractivity contribution in [3.8, 4) is 0 Å². The van der Waals surface area contributed by atoms with Crippen molar-refractivity contribution in [1.29, 1.82) is 0 Å². The van der Waals surface area contributed by atoms with Crippen LogP contribution in [0.25, 0.3) is 0 Å². The Balaban J connectivity index is 2.58. The molecule has 1 aromatic heterocycles. The molecule has 2 unspecified atom stereocenters. The Kier molecular flexibility index (Phi) is 6.57. The summed E-state index contributed by atoms with van der Waals surface area (Å²) in [7, 11) is 0. The minimum atomic E-state index is -0.476. The second-order valence-corrected chi connectivity index (χ2v) is 7.25. The van der Waals surface area contributed by atoms with Gasteiger partial charge in [0.25, 0.3) is 0 Å². The molecule has 1 heterocycles. The first kappa shape index (κ1) is 19.4. The van der Waals surface area contributed by atoms with E-state index in [-0.39, 0.29) is 18.2 Å². The lowest BCUT2D eigenvalue weighted by Gasteiger charge is -2.24. The Morgan fingerprint density at radius 1 is 1.26 bits per heavy atom. The van der Waals surface area contributed by atoms with Gasteiger partial charge in [0, 0.05) is 30.0 Å². The molecule has 0 spiro atoms. The number of aryl methyl sites for hydroxylation is 3. The molecule has 0 aromatic carbocycles. The number of hydrogen-bond donors (Lipinski definition) is 2. The van der Waals surface area contributed by atoms with Gasteiger partial charge in [-0.05, 0) is 72.6 Å². The molecule has 0 radical (unpaired) electrons. The summed E-state index contributed by atoms with van der Waals surface area (Å²) in [4.78, 5) is 16.2. The van der Waals surface area contributed by atoms with Gasteiger partial charge in [-0.3, -0.25) is 4.98 Å². The van der Waals surface area contributed by atoms with Crippen molar-refractivity contribution >= 4 is 6.09 Å². The van der Waals surface area contributed by atoms with E-state index in [0.717, 1.165) is 11.4 Å². The van der Waals surface area contributed by atoms with Gasteiger partial charge >= 0.3 is 6.09 Å². The van der Waals surface area contributed by atoms with Crippen molar-refractivity contribution < 1.29 is 9.53 Å². The Bertz CT molecular complexity index is 527. The van der Waals surface area contributed by atoms with Crippen molar-refractivity contribution in [1.82, 2.24) is 15.6 Å². The van der Waals surface area contributed by atoms with Crippen LogP contribution in [0.2, 0.25) is 0 Å². The average Bonchev–Trinajstić information content (AvgIpc) is 2.32. The number of nitrogens with one attached hydrogen (secondary N) is 2. The van der Waals surface area contributed by atoms with Gasteiger partial charge in [0.2, 0.25) is 0 Å². The Morgan fingerprint density at radius 2 is 1.87 bits per heavy atom. The molecule has 1 rings (SSSR count). The molecule has 2 atom stereocenters. The summed E-state index contributed by atoms with van der Waals surface area (Å²) in [6, 6.07) is 2.39. The molecule has 1 amide bonds. The molecule has 0 aliphatic rings. The van der Waals surface area contributed by atoms with Crippen LogP contribution >= 0.6 is 0 Å². The van der Waals surface area contributed by atoms with Gasteiger partial charge in [0.05, 0.1) is 0 Å². The number of rotatable bonds is 5. The van der Waals surface area contributed by atoms with E-state index in [4.69, 9.17) is 4.74 Å². The van der Waals surface area contributed by atoms with Gasteiger partial charge in [0.15, 0.2) is 0 Å². The van der Waals surface area contributed by atoms with E-state index in [1.54, 1.807) is 0 Å². The fourth-order valence-electron chi connectivity index (χ4n) is 2.81. The third-order valence-corrected chi connectivity index (χ3v) is 3.50. The maximum atomic E-state index is 11.7. The van der Waals surface area contributed by atoms with Crippen molar-refractivity contribution in [3.63, 3.8) is 0 Å². The van der Waals surface area contributed by atoms with Gasteiger partial charge in [-0.2, -0.15) is 0 Å². The zero-order valence-corrected chi connectivity index (χ0v) is 15.7. The molecular formula is C18H31N3O2. The monoisotopic (exact) mass is 321 g/mol. The number of nitrogens with zero attached hydrogens (tertiary/aromatic N) is 1. The smallest absolute Gasteiger partial charge is 0.407 e. The molecular weight excluding hydrogens is 290 g/mol. The van der Waals surface area contributed by atoms with Crippen LogP contribution in [0.4, 0.5) is 4.79 Å². The van der Waals surface area contributed by atoms with E-state index in [1.165, 1.54) is 11.1 Å². The Labute approximate surface area is 140 Å². The van der Waals surface area contributed by atoms with Crippen molar-refractivity contribution in [2.45, 2.75) is 73.1 Å². The SMILES string of the molecule is Cc1cc(C)c(C(C)NC(C)CNC(=O)OC(C)(C)C)c(C)n1. The first-order valence-electron chi connectivity index (χ1n) is 8.17. The number of amides is 1. The van der Waals surface area contributed by atoms with Crippen LogP contribution in [-0.4, -0.2) is 29.3 Å².